The average Bonchev–Trinajstić information content (AvgIpc) is 2.97. The zero-order chi connectivity index (χ0) is 15.7. The molecule has 2 aromatic rings. The number of hydrogen-bond donors (Lipinski definition) is 1. The Balaban J connectivity index is 1.85. The van der Waals surface area contributed by atoms with Crippen LogP contribution in [-0.4, -0.2) is 47.7 Å². The van der Waals surface area contributed by atoms with Crippen LogP contribution in [0.5, 0.6) is 0 Å². The van der Waals surface area contributed by atoms with Gasteiger partial charge in [0.2, 0.25) is 5.91 Å². The molecule has 1 aromatic carbocycles. The maximum absolute atomic E-state index is 12.6. The Hall–Kier alpha value is -2.34. The maximum Gasteiger partial charge on any atom is 0.328 e. The van der Waals surface area contributed by atoms with Gasteiger partial charge in [-0.1, -0.05) is 18.2 Å². The summed E-state index contributed by atoms with van der Waals surface area (Å²) in [5.74, 6) is -1.30. The van der Waals surface area contributed by atoms with Crippen LogP contribution >= 0.6 is 0 Å². The summed E-state index contributed by atoms with van der Waals surface area (Å²) in [6.07, 6.45) is 0. The third-order valence-electron chi connectivity index (χ3n) is 3.94. The number of furan rings is 1. The largest absolute Gasteiger partial charge is 0.480 e. The first-order chi connectivity index (χ1) is 10.6. The summed E-state index contributed by atoms with van der Waals surface area (Å²) in [5.41, 5.74) is 0.717. The van der Waals surface area contributed by atoms with Crippen molar-refractivity contribution in [3.05, 3.63) is 36.1 Å². The van der Waals surface area contributed by atoms with Crippen LogP contribution in [0.4, 0.5) is 0 Å². The highest BCUT2D eigenvalue weighted by atomic mass is 16.5. The number of aliphatic carboxylic acids is 1. The van der Waals surface area contributed by atoms with Crippen molar-refractivity contribution in [2.75, 3.05) is 19.8 Å². The van der Waals surface area contributed by atoms with Crippen molar-refractivity contribution in [2.45, 2.75) is 18.9 Å². The van der Waals surface area contributed by atoms with Gasteiger partial charge in [0.05, 0.1) is 19.1 Å². The van der Waals surface area contributed by atoms with Crippen molar-refractivity contribution in [3.63, 3.8) is 0 Å². The van der Waals surface area contributed by atoms with Crippen molar-refractivity contribution < 1.29 is 23.8 Å². The molecule has 1 amide bonds. The number of morpholine rings is 1. The van der Waals surface area contributed by atoms with Crippen LogP contribution in [0.3, 0.4) is 0 Å². The Labute approximate surface area is 127 Å². The van der Waals surface area contributed by atoms with Crippen LogP contribution < -0.4 is 0 Å². The average molecular weight is 303 g/mol. The molecule has 116 valence electrons. The number of carboxylic acids is 1. The van der Waals surface area contributed by atoms with Crippen molar-refractivity contribution in [1.29, 1.82) is 0 Å². The van der Waals surface area contributed by atoms with Crippen LogP contribution in [0.15, 0.2) is 34.7 Å². The minimum atomic E-state index is -1.05. The van der Waals surface area contributed by atoms with E-state index in [4.69, 9.17) is 9.15 Å². The molecule has 0 saturated carbocycles. The molecular formula is C16H17NO5. The van der Waals surface area contributed by atoms with Gasteiger partial charge in [-0.15, -0.1) is 0 Å². The van der Waals surface area contributed by atoms with Crippen LogP contribution in [0, 0.1) is 0 Å². The second kappa shape index (κ2) is 5.81. The fourth-order valence-electron chi connectivity index (χ4n) is 2.66. The number of hydrogen-bond acceptors (Lipinski definition) is 4. The Kier molecular flexibility index (Phi) is 3.85. The predicted molar refractivity (Wildman–Crippen MR) is 78.6 cm³/mol. The number of ether oxygens (including phenoxy) is 1. The molecule has 6 nitrogen and oxygen atoms in total. The molecule has 0 radical (unpaired) electrons. The number of carbonyl (C=O) groups excluding carboxylic acids is 1. The summed E-state index contributed by atoms with van der Waals surface area (Å²) >= 11 is 0. The SMILES string of the molecule is CC(C(=O)N1CCOCC1C(=O)O)c1cc2ccccc2o1. The normalized spacial score (nSPS) is 20.0. The Morgan fingerprint density at radius 3 is 2.86 bits per heavy atom. The molecule has 1 aliphatic rings. The van der Waals surface area contributed by atoms with Gasteiger partial charge in [-0.2, -0.15) is 0 Å². The Morgan fingerprint density at radius 2 is 2.14 bits per heavy atom. The standard InChI is InChI=1S/C16H17NO5/c1-10(14-8-11-4-2-3-5-13(11)22-14)15(18)17-6-7-21-9-12(17)16(19)20/h2-5,8,10,12H,6-7,9H2,1H3,(H,19,20). The lowest BCUT2D eigenvalue weighted by Crippen LogP contribution is -2.53. The molecule has 2 heterocycles. The van der Waals surface area contributed by atoms with E-state index in [1.54, 1.807) is 6.92 Å². The number of rotatable bonds is 3. The first-order valence-electron chi connectivity index (χ1n) is 7.17. The van der Waals surface area contributed by atoms with E-state index in [2.05, 4.69) is 0 Å². The highest BCUT2D eigenvalue weighted by Gasteiger charge is 2.36. The molecule has 22 heavy (non-hydrogen) atoms. The fraction of sp³-hybridized carbons (Fsp3) is 0.375. The summed E-state index contributed by atoms with van der Waals surface area (Å²) in [6.45, 7) is 2.38. The molecule has 1 saturated heterocycles. The first kappa shape index (κ1) is 14.6. The first-order valence-corrected chi connectivity index (χ1v) is 7.17. The maximum atomic E-state index is 12.6. The minimum Gasteiger partial charge on any atom is -0.480 e. The topological polar surface area (TPSA) is 80.0 Å². The third kappa shape index (κ3) is 2.57. The van der Waals surface area contributed by atoms with E-state index in [0.29, 0.717) is 18.0 Å². The number of benzene rings is 1. The molecule has 6 heteroatoms. The second-order valence-electron chi connectivity index (χ2n) is 5.37. The quantitative estimate of drug-likeness (QED) is 0.936. The van der Waals surface area contributed by atoms with Gasteiger partial charge in [-0.25, -0.2) is 4.79 Å². The van der Waals surface area contributed by atoms with Gasteiger partial charge in [0.1, 0.15) is 11.3 Å². The molecule has 3 rings (SSSR count). The summed E-state index contributed by atoms with van der Waals surface area (Å²) in [7, 11) is 0. The summed E-state index contributed by atoms with van der Waals surface area (Å²) in [5, 5.41) is 10.2. The number of para-hydroxylation sites is 1. The molecule has 0 aliphatic carbocycles. The summed E-state index contributed by atoms with van der Waals surface area (Å²) < 4.78 is 10.9. The van der Waals surface area contributed by atoms with E-state index in [9.17, 15) is 14.7 Å². The van der Waals surface area contributed by atoms with Crippen molar-refractivity contribution in [2.24, 2.45) is 0 Å². The van der Waals surface area contributed by atoms with E-state index in [1.165, 1.54) is 4.90 Å². The predicted octanol–water partition coefficient (Wildman–Crippen LogP) is 1.85. The van der Waals surface area contributed by atoms with E-state index >= 15 is 0 Å². The van der Waals surface area contributed by atoms with E-state index < -0.39 is 17.9 Å². The molecule has 1 fully saturated rings. The van der Waals surface area contributed by atoms with Crippen LogP contribution in [0.25, 0.3) is 11.0 Å². The van der Waals surface area contributed by atoms with E-state index in [0.717, 1.165) is 5.39 Å². The van der Waals surface area contributed by atoms with E-state index in [-0.39, 0.29) is 19.1 Å². The third-order valence-corrected chi connectivity index (χ3v) is 3.94. The fourth-order valence-corrected chi connectivity index (χ4v) is 2.66. The lowest BCUT2D eigenvalue weighted by Gasteiger charge is -2.34. The molecule has 2 atom stereocenters. The number of carbonyl (C=O) groups is 2. The second-order valence-corrected chi connectivity index (χ2v) is 5.37. The van der Waals surface area contributed by atoms with Crippen LogP contribution in [-0.2, 0) is 14.3 Å². The zero-order valence-electron chi connectivity index (χ0n) is 12.2. The van der Waals surface area contributed by atoms with Gasteiger partial charge in [-0.3, -0.25) is 4.79 Å². The highest BCUT2D eigenvalue weighted by molar-refractivity contribution is 5.89. The zero-order valence-corrected chi connectivity index (χ0v) is 12.2. The number of amides is 1. The van der Waals surface area contributed by atoms with Gasteiger partial charge < -0.3 is 19.2 Å². The Bertz CT molecular complexity index is 674. The number of carboxylic acid groups (broad SMARTS) is 1. The summed E-state index contributed by atoms with van der Waals surface area (Å²) in [6, 6.07) is 8.40. The smallest absolute Gasteiger partial charge is 0.328 e. The van der Waals surface area contributed by atoms with Gasteiger partial charge in [0, 0.05) is 11.9 Å². The van der Waals surface area contributed by atoms with Gasteiger partial charge in [0.25, 0.3) is 0 Å². The highest BCUT2D eigenvalue weighted by Crippen LogP contribution is 2.27. The van der Waals surface area contributed by atoms with Gasteiger partial charge in [0.15, 0.2) is 6.04 Å². The molecule has 0 bridgehead atoms. The van der Waals surface area contributed by atoms with Crippen LogP contribution in [0.2, 0.25) is 0 Å². The Morgan fingerprint density at radius 1 is 1.36 bits per heavy atom. The molecule has 1 aliphatic heterocycles. The van der Waals surface area contributed by atoms with Gasteiger partial charge >= 0.3 is 5.97 Å². The molecule has 1 N–H and O–H groups in total. The molecule has 2 unspecified atom stereocenters. The monoisotopic (exact) mass is 303 g/mol. The number of fused-ring (bicyclic) bond motifs is 1. The number of nitrogens with zero attached hydrogens (tertiary/aromatic N) is 1. The summed E-state index contributed by atoms with van der Waals surface area (Å²) in [4.78, 5) is 25.3. The van der Waals surface area contributed by atoms with Gasteiger partial charge in [-0.05, 0) is 19.1 Å². The molecule has 1 aromatic heterocycles. The van der Waals surface area contributed by atoms with Crippen molar-refractivity contribution in [1.82, 2.24) is 4.90 Å². The van der Waals surface area contributed by atoms with Crippen LogP contribution in [0.1, 0.15) is 18.6 Å². The lowest BCUT2D eigenvalue weighted by atomic mass is 10.0. The van der Waals surface area contributed by atoms with Crippen molar-refractivity contribution in [3.8, 4) is 0 Å². The van der Waals surface area contributed by atoms with Crippen molar-refractivity contribution >= 4 is 22.8 Å². The minimum absolute atomic E-state index is 0.0217. The molecular weight excluding hydrogens is 286 g/mol. The lowest BCUT2D eigenvalue weighted by molar-refractivity contribution is -0.159. The van der Waals surface area contributed by atoms with E-state index in [1.807, 2.05) is 30.3 Å². The molecule has 0 spiro atoms.